The van der Waals surface area contributed by atoms with Crippen molar-refractivity contribution in [1.29, 1.82) is 0 Å². The molecule has 0 radical (unpaired) electrons. The summed E-state index contributed by atoms with van der Waals surface area (Å²) in [6.07, 6.45) is 4.10. The van der Waals surface area contributed by atoms with Crippen LogP contribution in [0.2, 0.25) is 10.0 Å². The molecule has 1 fully saturated rings. The number of nitrogens with zero attached hydrogens (tertiary/aromatic N) is 2. The maximum absolute atomic E-state index is 13.0. The Kier molecular flexibility index (Phi) is 5.60. The Balaban J connectivity index is 1.50. The van der Waals surface area contributed by atoms with Crippen LogP contribution in [0.3, 0.4) is 0 Å². The van der Waals surface area contributed by atoms with Crippen molar-refractivity contribution in [3.05, 3.63) is 88.2 Å². The molecule has 1 aliphatic rings. The van der Waals surface area contributed by atoms with Crippen LogP contribution in [0, 0.1) is 0 Å². The van der Waals surface area contributed by atoms with Crippen molar-refractivity contribution < 1.29 is 4.79 Å². The van der Waals surface area contributed by atoms with Gasteiger partial charge in [0.1, 0.15) is 0 Å². The van der Waals surface area contributed by atoms with Crippen molar-refractivity contribution in [2.24, 2.45) is 0 Å². The van der Waals surface area contributed by atoms with Crippen LogP contribution in [-0.4, -0.2) is 21.5 Å². The van der Waals surface area contributed by atoms with Gasteiger partial charge in [-0.05, 0) is 42.7 Å². The van der Waals surface area contributed by atoms with Crippen LogP contribution >= 0.6 is 23.2 Å². The van der Waals surface area contributed by atoms with Gasteiger partial charge in [-0.1, -0.05) is 59.6 Å². The first-order valence-electron chi connectivity index (χ1n) is 9.31. The zero-order chi connectivity index (χ0) is 19.5. The Bertz CT molecular complexity index is 967. The van der Waals surface area contributed by atoms with E-state index >= 15 is 0 Å². The van der Waals surface area contributed by atoms with Gasteiger partial charge in [0.15, 0.2) is 0 Å². The van der Waals surface area contributed by atoms with E-state index in [1.54, 1.807) is 18.2 Å². The van der Waals surface area contributed by atoms with Crippen molar-refractivity contribution in [1.82, 2.24) is 9.47 Å². The molecular weight excluding hydrogens is 393 g/mol. The van der Waals surface area contributed by atoms with E-state index < -0.39 is 0 Å². The van der Waals surface area contributed by atoms with Crippen LogP contribution in [-0.2, 0) is 13.1 Å². The SMILES string of the molecule is O=C(Nc1cccc(Cl)c1Cl)N(Cc1cccn1Cc1ccccc1)C1CC1. The molecule has 1 aromatic heterocycles. The zero-order valence-corrected chi connectivity index (χ0v) is 16.8. The Morgan fingerprint density at radius 2 is 1.82 bits per heavy atom. The molecule has 4 rings (SSSR count). The molecule has 1 saturated carbocycles. The number of aromatic nitrogens is 1. The third kappa shape index (κ3) is 4.34. The van der Waals surface area contributed by atoms with Gasteiger partial charge in [-0.3, -0.25) is 0 Å². The molecule has 6 heteroatoms. The fraction of sp³-hybridized carbons (Fsp3) is 0.227. The summed E-state index contributed by atoms with van der Waals surface area (Å²) in [6, 6.07) is 19.7. The van der Waals surface area contributed by atoms with Gasteiger partial charge in [0.2, 0.25) is 0 Å². The summed E-state index contributed by atoms with van der Waals surface area (Å²) >= 11 is 12.3. The lowest BCUT2D eigenvalue weighted by molar-refractivity contribution is 0.204. The highest BCUT2D eigenvalue weighted by Crippen LogP contribution is 2.32. The average Bonchev–Trinajstić information content (AvgIpc) is 3.45. The van der Waals surface area contributed by atoms with Gasteiger partial charge in [-0.15, -0.1) is 0 Å². The van der Waals surface area contributed by atoms with Crippen molar-refractivity contribution >= 4 is 34.9 Å². The Hall–Kier alpha value is -2.43. The summed E-state index contributed by atoms with van der Waals surface area (Å²) in [5.74, 6) is 0. The molecule has 2 aromatic carbocycles. The number of urea groups is 1. The van der Waals surface area contributed by atoms with Gasteiger partial charge < -0.3 is 14.8 Å². The molecule has 2 amide bonds. The van der Waals surface area contributed by atoms with Crippen LogP contribution in [0.25, 0.3) is 0 Å². The van der Waals surface area contributed by atoms with Gasteiger partial charge in [0.25, 0.3) is 0 Å². The van der Waals surface area contributed by atoms with Crippen LogP contribution in [0.5, 0.6) is 0 Å². The molecule has 4 nitrogen and oxygen atoms in total. The van der Waals surface area contributed by atoms with Gasteiger partial charge in [0, 0.05) is 24.5 Å². The molecule has 0 aliphatic heterocycles. The summed E-state index contributed by atoms with van der Waals surface area (Å²) in [7, 11) is 0. The third-order valence-corrected chi connectivity index (χ3v) is 5.71. The average molecular weight is 414 g/mol. The van der Waals surface area contributed by atoms with Crippen LogP contribution in [0.4, 0.5) is 10.5 Å². The Morgan fingerprint density at radius 1 is 1.04 bits per heavy atom. The van der Waals surface area contributed by atoms with E-state index in [2.05, 4.69) is 34.3 Å². The van der Waals surface area contributed by atoms with Crippen molar-refractivity contribution in [2.45, 2.75) is 32.0 Å². The van der Waals surface area contributed by atoms with Crippen LogP contribution in [0.15, 0.2) is 66.9 Å². The Labute approximate surface area is 174 Å². The fourth-order valence-corrected chi connectivity index (χ4v) is 3.59. The standard InChI is InChI=1S/C22H21Cl2N3O/c23-19-9-4-10-20(21(19)24)25-22(28)27(17-11-12-17)15-18-8-5-13-26(18)14-16-6-2-1-3-7-16/h1-10,13,17H,11-12,14-15H2,(H,25,28). The smallest absolute Gasteiger partial charge is 0.322 e. The normalized spacial score (nSPS) is 13.4. The Morgan fingerprint density at radius 3 is 2.57 bits per heavy atom. The lowest BCUT2D eigenvalue weighted by atomic mass is 10.2. The quantitative estimate of drug-likeness (QED) is 0.525. The predicted molar refractivity (Wildman–Crippen MR) is 114 cm³/mol. The molecular formula is C22H21Cl2N3O. The van der Waals surface area contributed by atoms with E-state index in [4.69, 9.17) is 23.2 Å². The number of nitrogens with one attached hydrogen (secondary N) is 1. The molecule has 3 aromatic rings. The maximum Gasteiger partial charge on any atom is 0.322 e. The van der Waals surface area contributed by atoms with E-state index in [0.29, 0.717) is 22.3 Å². The van der Waals surface area contributed by atoms with E-state index in [-0.39, 0.29) is 12.1 Å². The predicted octanol–water partition coefficient (Wildman–Crippen LogP) is 6.04. The molecule has 0 spiro atoms. The molecule has 1 aliphatic carbocycles. The van der Waals surface area contributed by atoms with E-state index in [0.717, 1.165) is 25.1 Å². The lowest BCUT2D eigenvalue weighted by Gasteiger charge is -2.24. The third-order valence-electron chi connectivity index (χ3n) is 4.89. The topological polar surface area (TPSA) is 37.3 Å². The van der Waals surface area contributed by atoms with Gasteiger partial charge >= 0.3 is 6.03 Å². The first kappa shape index (κ1) is 18.9. The summed E-state index contributed by atoms with van der Waals surface area (Å²) in [6.45, 7) is 1.33. The van der Waals surface area contributed by atoms with Gasteiger partial charge in [-0.2, -0.15) is 0 Å². The lowest BCUT2D eigenvalue weighted by Crippen LogP contribution is -2.37. The number of amides is 2. The molecule has 28 heavy (non-hydrogen) atoms. The van der Waals surface area contributed by atoms with Crippen LogP contribution < -0.4 is 5.32 Å². The number of anilines is 1. The minimum absolute atomic E-state index is 0.154. The van der Waals surface area contributed by atoms with Crippen LogP contribution in [0.1, 0.15) is 24.1 Å². The number of carbonyl (C=O) groups excluding carboxylic acids is 1. The first-order valence-corrected chi connectivity index (χ1v) is 10.1. The number of carbonyl (C=O) groups is 1. The van der Waals surface area contributed by atoms with E-state index in [1.165, 1.54) is 5.56 Å². The number of benzene rings is 2. The number of halogens is 2. The molecule has 0 atom stereocenters. The highest BCUT2D eigenvalue weighted by Gasteiger charge is 2.33. The van der Waals surface area contributed by atoms with Gasteiger partial charge in [-0.25, -0.2) is 4.79 Å². The minimum atomic E-state index is -0.154. The molecule has 1 heterocycles. The molecule has 0 saturated heterocycles. The molecule has 1 N–H and O–H groups in total. The fourth-order valence-electron chi connectivity index (χ4n) is 3.24. The highest BCUT2D eigenvalue weighted by molar-refractivity contribution is 6.43. The summed E-state index contributed by atoms with van der Waals surface area (Å²) in [5, 5.41) is 3.70. The van der Waals surface area contributed by atoms with Crippen molar-refractivity contribution in [3.63, 3.8) is 0 Å². The molecule has 144 valence electrons. The first-order chi connectivity index (χ1) is 13.6. The van der Waals surface area contributed by atoms with E-state index in [1.807, 2.05) is 29.2 Å². The molecule has 0 bridgehead atoms. The number of hydrogen-bond donors (Lipinski definition) is 1. The monoisotopic (exact) mass is 413 g/mol. The van der Waals surface area contributed by atoms with Crippen molar-refractivity contribution in [3.8, 4) is 0 Å². The second-order valence-electron chi connectivity index (χ2n) is 7.00. The highest BCUT2D eigenvalue weighted by atomic mass is 35.5. The minimum Gasteiger partial charge on any atom is -0.345 e. The van der Waals surface area contributed by atoms with E-state index in [9.17, 15) is 4.79 Å². The summed E-state index contributed by atoms with van der Waals surface area (Å²) in [5.41, 5.74) is 2.86. The van der Waals surface area contributed by atoms with Crippen molar-refractivity contribution in [2.75, 3.05) is 5.32 Å². The second kappa shape index (κ2) is 8.29. The molecule has 0 unspecified atom stereocenters. The zero-order valence-electron chi connectivity index (χ0n) is 15.3. The summed E-state index contributed by atoms with van der Waals surface area (Å²) < 4.78 is 2.18. The maximum atomic E-state index is 13.0. The largest absolute Gasteiger partial charge is 0.345 e. The number of hydrogen-bond acceptors (Lipinski definition) is 1. The number of rotatable bonds is 6. The summed E-state index contributed by atoms with van der Waals surface area (Å²) in [4.78, 5) is 14.8. The second-order valence-corrected chi connectivity index (χ2v) is 7.79. The van der Waals surface area contributed by atoms with Gasteiger partial charge in [0.05, 0.1) is 22.3 Å².